The number of sulfone groups is 1. The van der Waals surface area contributed by atoms with Crippen LogP contribution in [0.15, 0.2) is 18.2 Å². The fraction of sp³-hybridized carbons (Fsp3) is 0.533. The molecular formula is C15H21NO4S. The fourth-order valence-corrected chi connectivity index (χ4v) is 4.16. The number of hydrogen-bond donors (Lipinski definition) is 1. The van der Waals surface area contributed by atoms with Crippen LogP contribution in [0.5, 0.6) is 5.75 Å². The van der Waals surface area contributed by atoms with E-state index in [0.29, 0.717) is 18.7 Å². The summed E-state index contributed by atoms with van der Waals surface area (Å²) in [5, 5.41) is 2.73. The molecule has 1 aliphatic rings. The molecule has 0 aromatic heterocycles. The van der Waals surface area contributed by atoms with Gasteiger partial charge in [-0.25, -0.2) is 8.42 Å². The minimum atomic E-state index is -2.89. The first-order chi connectivity index (χ1) is 9.85. The predicted molar refractivity (Wildman–Crippen MR) is 81.2 cm³/mol. The van der Waals surface area contributed by atoms with Crippen molar-refractivity contribution in [1.29, 1.82) is 0 Å². The molecule has 1 atom stereocenters. The van der Waals surface area contributed by atoms with Crippen molar-refractivity contribution in [3.8, 4) is 5.75 Å². The van der Waals surface area contributed by atoms with Gasteiger partial charge >= 0.3 is 0 Å². The molecule has 6 heteroatoms. The van der Waals surface area contributed by atoms with Crippen LogP contribution in [0.1, 0.15) is 17.5 Å². The van der Waals surface area contributed by atoms with Crippen molar-refractivity contribution in [2.24, 2.45) is 5.92 Å². The molecule has 0 bridgehead atoms. The first-order valence-corrected chi connectivity index (χ1v) is 8.85. The Kier molecular flexibility index (Phi) is 4.88. The second-order valence-corrected chi connectivity index (χ2v) is 7.84. The highest BCUT2D eigenvalue weighted by Gasteiger charge is 2.27. The molecule has 21 heavy (non-hydrogen) atoms. The Morgan fingerprint density at radius 2 is 2.10 bits per heavy atom. The second kappa shape index (κ2) is 6.47. The van der Waals surface area contributed by atoms with Gasteiger partial charge in [0.15, 0.2) is 16.4 Å². The van der Waals surface area contributed by atoms with Gasteiger partial charge in [0.05, 0.1) is 11.5 Å². The van der Waals surface area contributed by atoms with Gasteiger partial charge in [0.1, 0.15) is 5.75 Å². The molecule has 1 aliphatic heterocycles. The molecule has 1 fully saturated rings. The Hall–Kier alpha value is -1.56. The van der Waals surface area contributed by atoms with Gasteiger partial charge in [-0.05, 0) is 49.4 Å². The average Bonchev–Trinajstić information content (AvgIpc) is 2.77. The number of carbonyl (C=O) groups is 1. The number of nitrogens with one attached hydrogen (secondary N) is 1. The summed E-state index contributed by atoms with van der Waals surface area (Å²) < 4.78 is 28.1. The number of ether oxygens (including phenoxy) is 1. The van der Waals surface area contributed by atoms with Gasteiger partial charge in [-0.2, -0.15) is 0 Å². The highest BCUT2D eigenvalue weighted by molar-refractivity contribution is 7.91. The third kappa shape index (κ3) is 4.74. The van der Waals surface area contributed by atoms with Crippen LogP contribution >= 0.6 is 0 Å². The summed E-state index contributed by atoms with van der Waals surface area (Å²) in [5.41, 5.74) is 2.29. The van der Waals surface area contributed by atoms with Crippen LogP contribution in [0.25, 0.3) is 0 Å². The lowest BCUT2D eigenvalue weighted by Gasteiger charge is -2.11. The van der Waals surface area contributed by atoms with Crippen LogP contribution in [-0.2, 0) is 14.6 Å². The maximum atomic E-state index is 11.7. The van der Waals surface area contributed by atoms with E-state index < -0.39 is 9.84 Å². The third-order valence-electron chi connectivity index (χ3n) is 3.76. The predicted octanol–water partition coefficient (Wildman–Crippen LogP) is 1.23. The molecule has 0 radical (unpaired) electrons. The van der Waals surface area contributed by atoms with Crippen molar-refractivity contribution in [1.82, 2.24) is 5.32 Å². The fourth-order valence-electron chi connectivity index (χ4n) is 2.29. The van der Waals surface area contributed by atoms with Gasteiger partial charge < -0.3 is 10.1 Å². The smallest absolute Gasteiger partial charge is 0.257 e. The van der Waals surface area contributed by atoms with E-state index in [9.17, 15) is 13.2 Å². The Bertz CT molecular complexity index is 625. The van der Waals surface area contributed by atoms with Crippen LogP contribution in [0.2, 0.25) is 0 Å². The van der Waals surface area contributed by atoms with Crippen molar-refractivity contribution in [3.05, 3.63) is 29.3 Å². The van der Waals surface area contributed by atoms with Crippen LogP contribution < -0.4 is 10.1 Å². The minimum absolute atomic E-state index is 0.0283. The lowest BCUT2D eigenvalue weighted by molar-refractivity contribution is -0.123. The highest BCUT2D eigenvalue weighted by atomic mass is 32.2. The SMILES string of the molecule is Cc1ccc(OCC(=O)NCC2CCS(=O)(=O)C2)cc1C. The van der Waals surface area contributed by atoms with E-state index in [-0.39, 0.29) is 29.9 Å². The van der Waals surface area contributed by atoms with Crippen molar-refractivity contribution >= 4 is 15.7 Å². The largest absolute Gasteiger partial charge is 0.484 e. The molecule has 0 spiro atoms. The third-order valence-corrected chi connectivity index (χ3v) is 5.60. The summed E-state index contributed by atoms with van der Waals surface area (Å²) >= 11 is 0. The van der Waals surface area contributed by atoms with Gasteiger partial charge in [-0.15, -0.1) is 0 Å². The Morgan fingerprint density at radius 1 is 1.33 bits per heavy atom. The molecule has 1 saturated heterocycles. The molecule has 1 aromatic carbocycles. The lowest BCUT2D eigenvalue weighted by Crippen LogP contribution is -2.33. The van der Waals surface area contributed by atoms with Crippen LogP contribution in [0, 0.1) is 19.8 Å². The van der Waals surface area contributed by atoms with E-state index >= 15 is 0 Å². The first kappa shape index (κ1) is 15.8. The normalized spacial score (nSPS) is 20.2. The number of benzene rings is 1. The Balaban J connectivity index is 1.74. The van der Waals surface area contributed by atoms with Gasteiger partial charge in [-0.1, -0.05) is 6.07 Å². The minimum Gasteiger partial charge on any atom is -0.484 e. The quantitative estimate of drug-likeness (QED) is 0.888. The number of hydrogen-bond acceptors (Lipinski definition) is 4. The van der Waals surface area contributed by atoms with Gasteiger partial charge in [0.25, 0.3) is 5.91 Å². The number of carbonyl (C=O) groups excluding carboxylic acids is 1. The van der Waals surface area contributed by atoms with E-state index in [1.165, 1.54) is 5.56 Å². The molecule has 5 nitrogen and oxygen atoms in total. The molecule has 1 aromatic rings. The van der Waals surface area contributed by atoms with E-state index in [1.54, 1.807) is 0 Å². The van der Waals surface area contributed by atoms with Crippen molar-refractivity contribution in [2.45, 2.75) is 20.3 Å². The maximum Gasteiger partial charge on any atom is 0.257 e. The highest BCUT2D eigenvalue weighted by Crippen LogP contribution is 2.18. The van der Waals surface area contributed by atoms with Crippen LogP contribution in [0.3, 0.4) is 0 Å². The number of aryl methyl sites for hydroxylation is 2. The van der Waals surface area contributed by atoms with Crippen molar-refractivity contribution in [2.75, 3.05) is 24.7 Å². The van der Waals surface area contributed by atoms with Crippen molar-refractivity contribution in [3.63, 3.8) is 0 Å². The van der Waals surface area contributed by atoms with Crippen molar-refractivity contribution < 1.29 is 17.9 Å². The molecule has 2 rings (SSSR count). The molecular weight excluding hydrogens is 290 g/mol. The standard InChI is InChI=1S/C15H21NO4S/c1-11-3-4-14(7-12(11)2)20-9-15(17)16-8-13-5-6-21(18,19)10-13/h3-4,7,13H,5-6,8-10H2,1-2H3,(H,16,17). The molecule has 1 unspecified atom stereocenters. The van der Waals surface area contributed by atoms with Gasteiger partial charge in [-0.3, -0.25) is 4.79 Å². The lowest BCUT2D eigenvalue weighted by atomic mass is 10.1. The first-order valence-electron chi connectivity index (χ1n) is 7.03. The average molecular weight is 311 g/mol. The zero-order valence-corrected chi connectivity index (χ0v) is 13.2. The van der Waals surface area contributed by atoms with E-state index in [2.05, 4.69) is 5.32 Å². The summed E-state index contributed by atoms with van der Waals surface area (Å²) in [6.45, 7) is 4.35. The van der Waals surface area contributed by atoms with E-state index in [4.69, 9.17) is 4.74 Å². The second-order valence-electron chi connectivity index (χ2n) is 5.61. The topological polar surface area (TPSA) is 72.5 Å². The molecule has 0 saturated carbocycles. The Labute approximate surface area is 125 Å². The maximum absolute atomic E-state index is 11.7. The summed E-state index contributed by atoms with van der Waals surface area (Å²) in [6, 6.07) is 5.68. The molecule has 116 valence electrons. The van der Waals surface area contributed by atoms with Gasteiger partial charge in [0, 0.05) is 6.54 Å². The van der Waals surface area contributed by atoms with Gasteiger partial charge in [0.2, 0.25) is 0 Å². The summed E-state index contributed by atoms with van der Waals surface area (Å²) in [7, 11) is -2.89. The molecule has 1 heterocycles. The summed E-state index contributed by atoms with van der Waals surface area (Å²) in [5.74, 6) is 0.868. The monoisotopic (exact) mass is 311 g/mol. The summed E-state index contributed by atoms with van der Waals surface area (Å²) in [4.78, 5) is 11.7. The van der Waals surface area contributed by atoms with E-state index in [1.807, 2.05) is 32.0 Å². The zero-order valence-electron chi connectivity index (χ0n) is 12.4. The summed E-state index contributed by atoms with van der Waals surface area (Å²) in [6.07, 6.45) is 0.626. The number of amides is 1. The van der Waals surface area contributed by atoms with Crippen LogP contribution in [0.4, 0.5) is 0 Å². The van der Waals surface area contributed by atoms with E-state index in [0.717, 1.165) is 5.56 Å². The number of rotatable bonds is 5. The molecule has 1 amide bonds. The zero-order chi connectivity index (χ0) is 15.5. The molecule has 1 N–H and O–H groups in total. The Morgan fingerprint density at radius 3 is 2.71 bits per heavy atom. The molecule has 0 aliphatic carbocycles. The van der Waals surface area contributed by atoms with Crippen LogP contribution in [-0.4, -0.2) is 39.0 Å².